The number of benzene rings is 2. The molecule has 2 aromatic carbocycles. The van der Waals surface area contributed by atoms with Gasteiger partial charge in [0, 0.05) is 16.0 Å². The topological polar surface area (TPSA) is 73.9 Å². The lowest BCUT2D eigenvalue weighted by Gasteiger charge is -2.11. The van der Waals surface area contributed by atoms with Crippen LogP contribution in [0.4, 0.5) is 5.00 Å². The smallest absolute Gasteiger partial charge is 0.341 e. The normalized spacial score (nSPS) is 10.5. The van der Waals surface area contributed by atoms with Gasteiger partial charge in [-0.15, -0.1) is 11.3 Å². The van der Waals surface area contributed by atoms with E-state index in [1.54, 1.807) is 49.7 Å². The molecule has 0 fully saturated rings. The summed E-state index contributed by atoms with van der Waals surface area (Å²) >= 11 is 10.5. The monoisotopic (exact) mass is 523 g/mol. The van der Waals surface area contributed by atoms with Crippen LogP contribution in [0.25, 0.3) is 11.1 Å². The first kappa shape index (κ1) is 23.1. The van der Waals surface area contributed by atoms with Crippen LogP contribution >= 0.6 is 38.9 Å². The van der Waals surface area contributed by atoms with E-state index in [2.05, 4.69) is 21.2 Å². The highest BCUT2D eigenvalue weighted by molar-refractivity contribution is 9.10. The fourth-order valence-electron chi connectivity index (χ4n) is 2.74. The number of halogens is 2. The average Bonchev–Trinajstić information content (AvgIpc) is 3.17. The molecule has 0 aliphatic carbocycles. The van der Waals surface area contributed by atoms with Gasteiger partial charge in [-0.25, -0.2) is 4.79 Å². The van der Waals surface area contributed by atoms with Gasteiger partial charge < -0.3 is 19.5 Å². The highest BCUT2D eigenvalue weighted by atomic mass is 79.9. The van der Waals surface area contributed by atoms with E-state index in [9.17, 15) is 9.59 Å². The molecule has 0 spiro atoms. The van der Waals surface area contributed by atoms with Gasteiger partial charge in [-0.3, -0.25) is 4.79 Å². The SMILES string of the molecule is CCOC(=O)c1c(-c2ccc(OC)cc2)csc1NC(=O)COc1ccc(Cl)cc1Br. The van der Waals surface area contributed by atoms with Crippen molar-refractivity contribution in [2.24, 2.45) is 0 Å². The summed E-state index contributed by atoms with van der Waals surface area (Å²) in [6.07, 6.45) is 0. The summed E-state index contributed by atoms with van der Waals surface area (Å²) < 4.78 is 16.6. The molecule has 0 saturated carbocycles. The second kappa shape index (κ2) is 10.7. The maximum absolute atomic E-state index is 12.6. The molecule has 6 nitrogen and oxygen atoms in total. The lowest BCUT2D eigenvalue weighted by Crippen LogP contribution is -2.21. The van der Waals surface area contributed by atoms with Crippen molar-refractivity contribution >= 4 is 55.7 Å². The van der Waals surface area contributed by atoms with Crippen LogP contribution in [0.3, 0.4) is 0 Å². The molecule has 1 heterocycles. The predicted octanol–water partition coefficient (Wildman–Crippen LogP) is 6.03. The Hall–Kier alpha value is -2.55. The van der Waals surface area contributed by atoms with E-state index in [1.807, 2.05) is 12.1 Å². The molecule has 162 valence electrons. The molecule has 31 heavy (non-hydrogen) atoms. The van der Waals surface area contributed by atoms with Crippen LogP contribution in [0.2, 0.25) is 5.02 Å². The summed E-state index contributed by atoms with van der Waals surface area (Å²) in [7, 11) is 1.59. The van der Waals surface area contributed by atoms with Crippen molar-refractivity contribution in [3.8, 4) is 22.6 Å². The highest BCUT2D eigenvalue weighted by Gasteiger charge is 2.23. The Labute approximate surface area is 197 Å². The molecule has 0 bridgehead atoms. The summed E-state index contributed by atoms with van der Waals surface area (Å²) in [5, 5.41) is 5.50. The summed E-state index contributed by atoms with van der Waals surface area (Å²) in [6.45, 7) is 1.71. The average molecular weight is 525 g/mol. The fourth-order valence-corrected chi connectivity index (χ4v) is 4.51. The van der Waals surface area contributed by atoms with Crippen LogP contribution in [0, 0.1) is 0 Å². The lowest BCUT2D eigenvalue weighted by molar-refractivity contribution is -0.118. The molecule has 3 rings (SSSR count). The van der Waals surface area contributed by atoms with Gasteiger partial charge in [-0.1, -0.05) is 23.7 Å². The molecule has 0 aliphatic heterocycles. The minimum atomic E-state index is -0.508. The van der Waals surface area contributed by atoms with Crippen molar-refractivity contribution in [3.05, 3.63) is 62.9 Å². The van der Waals surface area contributed by atoms with Crippen LogP contribution < -0.4 is 14.8 Å². The molecule has 9 heteroatoms. The van der Waals surface area contributed by atoms with Crippen molar-refractivity contribution < 1.29 is 23.8 Å². The Bertz CT molecular complexity index is 1080. The number of ether oxygens (including phenoxy) is 3. The second-order valence-corrected chi connectivity index (χ2v) is 8.38. The zero-order valence-corrected chi connectivity index (χ0v) is 19.9. The molecule has 1 aromatic heterocycles. The third kappa shape index (κ3) is 5.78. The number of carbonyl (C=O) groups excluding carboxylic acids is 2. The van der Waals surface area contributed by atoms with Crippen LogP contribution in [-0.4, -0.2) is 32.2 Å². The lowest BCUT2D eigenvalue weighted by atomic mass is 10.0. The largest absolute Gasteiger partial charge is 0.497 e. The summed E-state index contributed by atoms with van der Waals surface area (Å²) in [4.78, 5) is 25.1. The Morgan fingerprint density at radius 3 is 2.55 bits per heavy atom. The molecule has 3 aromatic rings. The number of carbonyl (C=O) groups is 2. The first-order valence-electron chi connectivity index (χ1n) is 9.23. The predicted molar refractivity (Wildman–Crippen MR) is 126 cm³/mol. The van der Waals surface area contributed by atoms with E-state index in [0.29, 0.717) is 37.1 Å². The number of hydrogen-bond donors (Lipinski definition) is 1. The highest BCUT2D eigenvalue weighted by Crippen LogP contribution is 2.37. The molecule has 0 saturated heterocycles. The number of hydrogen-bond acceptors (Lipinski definition) is 6. The Kier molecular flexibility index (Phi) is 7.95. The maximum atomic E-state index is 12.6. The number of amides is 1. The number of methoxy groups -OCH3 is 1. The van der Waals surface area contributed by atoms with Gasteiger partial charge in [0.1, 0.15) is 22.1 Å². The fraction of sp³-hybridized carbons (Fsp3) is 0.182. The number of rotatable bonds is 8. The third-order valence-electron chi connectivity index (χ3n) is 4.18. The van der Waals surface area contributed by atoms with Gasteiger partial charge >= 0.3 is 5.97 Å². The standard InChI is InChI=1S/C22H19BrClNO5S/c1-3-29-22(27)20-16(13-4-7-15(28-2)8-5-13)12-31-21(20)25-19(26)11-30-18-9-6-14(24)10-17(18)23/h4-10,12H,3,11H2,1-2H3,(H,25,26). The maximum Gasteiger partial charge on any atom is 0.341 e. The van der Waals surface area contributed by atoms with Crippen molar-refractivity contribution in [1.29, 1.82) is 0 Å². The van der Waals surface area contributed by atoms with Gasteiger partial charge in [0.25, 0.3) is 5.91 Å². The quantitative estimate of drug-likeness (QED) is 0.364. The van der Waals surface area contributed by atoms with Gasteiger partial charge in [0.05, 0.1) is 18.2 Å². The molecule has 0 atom stereocenters. The zero-order chi connectivity index (χ0) is 22.4. The van der Waals surface area contributed by atoms with E-state index in [4.69, 9.17) is 25.8 Å². The van der Waals surface area contributed by atoms with Crippen LogP contribution in [0.1, 0.15) is 17.3 Å². The Balaban J connectivity index is 1.80. The first-order valence-corrected chi connectivity index (χ1v) is 11.3. The molecule has 1 amide bonds. The van der Waals surface area contributed by atoms with Crippen LogP contribution in [-0.2, 0) is 9.53 Å². The number of nitrogens with one attached hydrogen (secondary N) is 1. The summed E-state index contributed by atoms with van der Waals surface area (Å²) in [5.74, 6) is 0.271. The zero-order valence-electron chi connectivity index (χ0n) is 16.7. The summed E-state index contributed by atoms with van der Waals surface area (Å²) in [6, 6.07) is 12.3. The molecule has 0 aliphatic rings. The first-order chi connectivity index (χ1) is 14.9. The third-order valence-corrected chi connectivity index (χ3v) is 5.93. The molecule has 0 radical (unpaired) electrons. The van der Waals surface area contributed by atoms with Crippen molar-refractivity contribution in [2.75, 3.05) is 25.6 Å². The second-order valence-electron chi connectivity index (χ2n) is 6.21. The van der Waals surface area contributed by atoms with Gasteiger partial charge in [-0.05, 0) is 58.7 Å². The van der Waals surface area contributed by atoms with Crippen LogP contribution in [0.15, 0.2) is 52.3 Å². The van der Waals surface area contributed by atoms with Gasteiger partial charge in [-0.2, -0.15) is 0 Å². The van der Waals surface area contributed by atoms with E-state index in [-0.39, 0.29) is 13.2 Å². The molecular formula is C22H19BrClNO5S. The molecular weight excluding hydrogens is 506 g/mol. The Morgan fingerprint density at radius 2 is 1.90 bits per heavy atom. The minimum absolute atomic E-state index is 0.220. The van der Waals surface area contributed by atoms with Gasteiger partial charge in [0.2, 0.25) is 0 Å². The van der Waals surface area contributed by atoms with Crippen molar-refractivity contribution in [3.63, 3.8) is 0 Å². The number of anilines is 1. The van der Waals surface area contributed by atoms with E-state index in [0.717, 1.165) is 5.56 Å². The van der Waals surface area contributed by atoms with E-state index >= 15 is 0 Å². The number of thiophene rings is 1. The van der Waals surface area contributed by atoms with Gasteiger partial charge in [0.15, 0.2) is 6.61 Å². The number of esters is 1. The van der Waals surface area contributed by atoms with Crippen molar-refractivity contribution in [2.45, 2.75) is 6.92 Å². The van der Waals surface area contributed by atoms with Crippen molar-refractivity contribution in [1.82, 2.24) is 0 Å². The Morgan fingerprint density at radius 1 is 1.16 bits per heavy atom. The molecule has 0 unspecified atom stereocenters. The van der Waals surface area contributed by atoms with Crippen LogP contribution in [0.5, 0.6) is 11.5 Å². The summed E-state index contributed by atoms with van der Waals surface area (Å²) in [5.41, 5.74) is 1.78. The molecule has 1 N–H and O–H groups in total. The van der Waals surface area contributed by atoms with E-state index < -0.39 is 11.9 Å². The van der Waals surface area contributed by atoms with E-state index in [1.165, 1.54) is 11.3 Å². The minimum Gasteiger partial charge on any atom is -0.497 e.